The van der Waals surface area contributed by atoms with Gasteiger partial charge in [-0.1, -0.05) is 29.8 Å². The Balaban J connectivity index is 1.51. The minimum atomic E-state index is -0.792. The van der Waals surface area contributed by atoms with Crippen LogP contribution in [-0.4, -0.2) is 53.9 Å². The van der Waals surface area contributed by atoms with E-state index >= 15 is 0 Å². The smallest absolute Gasteiger partial charge is 0.281 e. The van der Waals surface area contributed by atoms with Gasteiger partial charge in [0, 0.05) is 7.05 Å². The molecule has 30 heavy (non-hydrogen) atoms. The van der Waals surface area contributed by atoms with E-state index in [1.54, 1.807) is 6.92 Å². The third-order valence-corrected chi connectivity index (χ3v) is 4.89. The zero-order valence-corrected chi connectivity index (χ0v) is 16.8. The Bertz CT molecular complexity index is 1140. The van der Waals surface area contributed by atoms with Gasteiger partial charge in [0.05, 0.1) is 13.1 Å². The number of aliphatic hydroxyl groups excluding tert-OH is 1. The molecule has 0 unspecified atom stereocenters. The van der Waals surface area contributed by atoms with Gasteiger partial charge in [-0.05, 0) is 24.6 Å². The quantitative estimate of drug-likeness (QED) is 0.624. The highest BCUT2D eigenvalue weighted by molar-refractivity contribution is 5.98. The summed E-state index contributed by atoms with van der Waals surface area (Å²) >= 11 is 0. The number of carbonyl (C=O) groups is 1. The molecule has 156 valence electrons. The minimum absolute atomic E-state index is 0.0112. The second-order valence-corrected chi connectivity index (χ2v) is 7.18. The van der Waals surface area contributed by atoms with Gasteiger partial charge < -0.3 is 14.7 Å². The van der Waals surface area contributed by atoms with Gasteiger partial charge >= 0.3 is 0 Å². The topological polar surface area (TPSA) is 128 Å². The first-order valence-corrected chi connectivity index (χ1v) is 9.38. The van der Waals surface area contributed by atoms with Crippen molar-refractivity contribution < 1.29 is 14.6 Å². The van der Waals surface area contributed by atoms with E-state index in [1.807, 2.05) is 31.2 Å². The highest BCUT2D eigenvalue weighted by atomic mass is 16.5. The van der Waals surface area contributed by atoms with Crippen molar-refractivity contribution in [2.45, 2.75) is 39.1 Å². The largest absolute Gasteiger partial charge is 0.463 e. The Kier molecular flexibility index (Phi) is 5.04. The van der Waals surface area contributed by atoms with Gasteiger partial charge in [-0.15, -0.1) is 10.2 Å². The van der Waals surface area contributed by atoms with E-state index in [2.05, 4.69) is 20.4 Å². The van der Waals surface area contributed by atoms with Crippen LogP contribution in [0.2, 0.25) is 0 Å². The minimum Gasteiger partial charge on any atom is -0.463 e. The maximum absolute atomic E-state index is 12.8. The average molecular weight is 411 g/mol. The molecule has 3 heterocycles. The van der Waals surface area contributed by atoms with Crippen LogP contribution in [0.1, 0.15) is 30.0 Å². The van der Waals surface area contributed by atoms with Gasteiger partial charge in [0.1, 0.15) is 12.4 Å². The second kappa shape index (κ2) is 7.67. The van der Waals surface area contributed by atoms with Crippen molar-refractivity contribution in [3.63, 3.8) is 0 Å². The van der Waals surface area contributed by atoms with Crippen LogP contribution < -0.4 is 15.2 Å². The molecule has 2 aromatic heterocycles. The molecule has 0 saturated heterocycles. The lowest BCUT2D eigenvalue weighted by Crippen LogP contribution is -2.46. The summed E-state index contributed by atoms with van der Waals surface area (Å²) < 4.78 is 6.68. The first kappa shape index (κ1) is 19.7. The van der Waals surface area contributed by atoms with Crippen LogP contribution >= 0.6 is 0 Å². The number of rotatable bonds is 5. The molecule has 1 aliphatic rings. The van der Waals surface area contributed by atoms with Crippen molar-refractivity contribution >= 4 is 11.6 Å². The first-order valence-electron chi connectivity index (χ1n) is 9.38. The maximum Gasteiger partial charge on any atom is 0.281 e. The number of fused-ring (bicyclic) bond motifs is 1. The molecule has 1 aliphatic heterocycles. The van der Waals surface area contributed by atoms with Crippen LogP contribution in [0.4, 0.5) is 5.69 Å². The Morgan fingerprint density at radius 2 is 1.97 bits per heavy atom. The fourth-order valence-corrected chi connectivity index (χ4v) is 3.17. The Labute approximate surface area is 171 Å². The van der Waals surface area contributed by atoms with Crippen molar-refractivity contribution in [2.75, 3.05) is 11.9 Å². The average Bonchev–Trinajstić information content (AvgIpc) is 3.15. The zero-order chi connectivity index (χ0) is 21.4. The van der Waals surface area contributed by atoms with E-state index < -0.39 is 17.8 Å². The number of hydrogen-bond donors (Lipinski definition) is 1. The predicted octanol–water partition coefficient (Wildman–Crippen LogP) is 0.0638. The summed E-state index contributed by atoms with van der Waals surface area (Å²) in [6.07, 6.45) is -0.175. The van der Waals surface area contributed by atoms with Crippen LogP contribution in [0.25, 0.3) is 0 Å². The number of aromatic nitrogens is 6. The Morgan fingerprint density at radius 3 is 2.70 bits per heavy atom. The Hall–Kier alpha value is -3.60. The van der Waals surface area contributed by atoms with Crippen LogP contribution in [0.3, 0.4) is 0 Å². The third-order valence-electron chi connectivity index (χ3n) is 4.89. The maximum atomic E-state index is 12.8. The fraction of sp³-hybridized carbons (Fsp3) is 0.368. The molecule has 0 aliphatic carbocycles. The van der Waals surface area contributed by atoms with Crippen molar-refractivity contribution in [3.05, 3.63) is 57.9 Å². The molecule has 1 N–H and O–H groups in total. The Morgan fingerprint density at radius 1 is 1.23 bits per heavy atom. The monoisotopic (exact) mass is 411 g/mol. The van der Waals surface area contributed by atoms with Crippen molar-refractivity contribution in [3.8, 4) is 5.88 Å². The molecule has 0 bridgehead atoms. The molecule has 3 aromatic rings. The second-order valence-electron chi connectivity index (χ2n) is 7.18. The fourth-order valence-electron chi connectivity index (χ4n) is 3.17. The molecule has 11 heteroatoms. The summed E-state index contributed by atoms with van der Waals surface area (Å²) in [5, 5.41) is 22.5. The standard InChI is InChI=1S/C19H21N7O4/c1-11-4-6-13(7-5-11)14(27)8-26-22-15(21-23-26)9-25-10-20-17-16(19(25)29)24(3)18(28)12(2)30-17/h4-7,10,12,14,27H,8-9H2,1-3H3/t12-,14+/m1/s1. The number of tetrazole rings is 1. The van der Waals surface area contributed by atoms with Crippen LogP contribution in [-0.2, 0) is 17.9 Å². The van der Waals surface area contributed by atoms with Crippen LogP contribution in [0, 0.1) is 6.92 Å². The summed E-state index contributed by atoms with van der Waals surface area (Å²) in [4.78, 5) is 31.6. The lowest BCUT2D eigenvalue weighted by Gasteiger charge is -2.28. The van der Waals surface area contributed by atoms with Crippen LogP contribution in [0.15, 0.2) is 35.4 Å². The van der Waals surface area contributed by atoms with Crippen molar-refractivity contribution in [2.24, 2.45) is 0 Å². The molecule has 0 radical (unpaired) electrons. The number of anilines is 1. The molecule has 2 atom stereocenters. The molecular formula is C19H21N7O4. The molecule has 11 nitrogen and oxygen atoms in total. The lowest BCUT2D eigenvalue weighted by molar-refractivity contribution is -0.125. The SMILES string of the molecule is Cc1ccc([C@@H](O)Cn2nnc(Cn3cnc4c(c3=O)N(C)C(=O)[C@@H](C)O4)n2)cc1. The number of likely N-dealkylation sites (N-methyl/N-ethyl adjacent to an activating group) is 1. The molecule has 0 saturated carbocycles. The van der Waals surface area contributed by atoms with E-state index in [0.717, 1.165) is 11.1 Å². The normalized spacial score (nSPS) is 16.9. The van der Waals surface area contributed by atoms with Gasteiger partial charge in [0.15, 0.2) is 17.6 Å². The van der Waals surface area contributed by atoms with Crippen molar-refractivity contribution in [1.29, 1.82) is 0 Å². The number of amides is 1. The van der Waals surface area contributed by atoms with E-state index in [-0.39, 0.29) is 36.4 Å². The van der Waals surface area contributed by atoms with Gasteiger partial charge in [0.2, 0.25) is 5.88 Å². The van der Waals surface area contributed by atoms with E-state index in [4.69, 9.17) is 4.74 Å². The molecule has 0 spiro atoms. The van der Waals surface area contributed by atoms with E-state index in [0.29, 0.717) is 0 Å². The van der Waals surface area contributed by atoms with Gasteiger partial charge in [-0.3, -0.25) is 14.2 Å². The van der Waals surface area contributed by atoms with E-state index in [9.17, 15) is 14.7 Å². The number of aliphatic hydroxyl groups is 1. The molecular weight excluding hydrogens is 390 g/mol. The number of aryl methyl sites for hydroxylation is 1. The summed E-state index contributed by atoms with van der Waals surface area (Å²) in [7, 11) is 1.51. The number of ether oxygens (including phenoxy) is 1. The summed E-state index contributed by atoms with van der Waals surface area (Å²) in [5.74, 6) is 0.0611. The highest BCUT2D eigenvalue weighted by Crippen LogP contribution is 2.26. The third kappa shape index (κ3) is 3.66. The van der Waals surface area contributed by atoms with Gasteiger partial charge in [0.25, 0.3) is 11.5 Å². The lowest BCUT2D eigenvalue weighted by atomic mass is 10.1. The number of nitrogens with zero attached hydrogens (tertiary/aromatic N) is 7. The van der Waals surface area contributed by atoms with E-state index in [1.165, 1.54) is 27.6 Å². The predicted molar refractivity (Wildman–Crippen MR) is 105 cm³/mol. The molecule has 1 aromatic carbocycles. The van der Waals surface area contributed by atoms with Gasteiger partial charge in [-0.25, -0.2) is 4.98 Å². The zero-order valence-electron chi connectivity index (χ0n) is 16.8. The molecule has 0 fully saturated rings. The molecule has 1 amide bonds. The van der Waals surface area contributed by atoms with Crippen LogP contribution in [0.5, 0.6) is 5.88 Å². The summed E-state index contributed by atoms with van der Waals surface area (Å²) in [6.45, 7) is 3.70. The summed E-state index contributed by atoms with van der Waals surface area (Å²) in [6, 6.07) is 7.52. The summed E-state index contributed by atoms with van der Waals surface area (Å²) in [5.41, 5.74) is 1.47. The number of carbonyl (C=O) groups excluding carboxylic acids is 1. The van der Waals surface area contributed by atoms with Gasteiger partial charge in [-0.2, -0.15) is 4.80 Å². The number of benzene rings is 1. The molecule has 4 rings (SSSR count). The highest BCUT2D eigenvalue weighted by Gasteiger charge is 2.33. The first-order chi connectivity index (χ1) is 14.3. The number of hydrogen-bond acceptors (Lipinski definition) is 8. The van der Waals surface area contributed by atoms with Crippen molar-refractivity contribution in [1.82, 2.24) is 29.8 Å².